The molecule has 0 aromatic heterocycles. The average molecular weight is 244 g/mol. The minimum absolute atomic E-state index is 0.0139. The Balaban J connectivity index is 2.66. The molecule has 0 amide bonds. The predicted molar refractivity (Wildman–Crippen MR) is 68.3 cm³/mol. The predicted octanol–water partition coefficient (Wildman–Crippen LogP) is 3.81. The van der Waals surface area contributed by atoms with E-state index in [0.29, 0.717) is 5.56 Å². The van der Waals surface area contributed by atoms with Crippen molar-refractivity contribution in [2.75, 3.05) is 0 Å². The number of hydrogen-bond acceptors (Lipinski definition) is 1. The number of benzene rings is 2. The van der Waals surface area contributed by atoms with Crippen molar-refractivity contribution in [2.45, 2.75) is 13.8 Å². The minimum atomic E-state index is -1.12. The molecule has 2 nitrogen and oxygen atoms in total. The second-order valence-electron chi connectivity index (χ2n) is 4.37. The van der Waals surface area contributed by atoms with Gasteiger partial charge in [0, 0.05) is 0 Å². The summed E-state index contributed by atoms with van der Waals surface area (Å²) in [6, 6.07) is 9.63. The van der Waals surface area contributed by atoms with Gasteiger partial charge < -0.3 is 5.11 Å². The summed E-state index contributed by atoms with van der Waals surface area (Å²) in [6.45, 7) is 3.89. The highest BCUT2D eigenvalue weighted by atomic mass is 19.1. The van der Waals surface area contributed by atoms with E-state index in [-0.39, 0.29) is 5.56 Å². The fourth-order valence-electron chi connectivity index (χ4n) is 2.08. The molecule has 2 aromatic rings. The number of carboxylic acid groups (broad SMARTS) is 1. The highest BCUT2D eigenvalue weighted by Crippen LogP contribution is 2.26. The summed E-state index contributed by atoms with van der Waals surface area (Å²) >= 11 is 0. The molecule has 92 valence electrons. The first-order valence-corrected chi connectivity index (χ1v) is 5.59. The van der Waals surface area contributed by atoms with E-state index in [0.717, 1.165) is 22.8 Å². The quantitative estimate of drug-likeness (QED) is 0.872. The van der Waals surface area contributed by atoms with Gasteiger partial charge >= 0.3 is 5.97 Å². The standard InChI is InChI=1S/C15H13FO2/c1-9-5-10(2)7-11(6-9)13-4-3-12(16)8-14(13)15(17)18/h3-8H,1-2H3,(H,17,18). The van der Waals surface area contributed by atoms with E-state index in [1.165, 1.54) is 12.1 Å². The van der Waals surface area contributed by atoms with Crippen LogP contribution < -0.4 is 0 Å². The molecule has 2 aromatic carbocycles. The number of rotatable bonds is 2. The van der Waals surface area contributed by atoms with Crippen LogP contribution in [0.15, 0.2) is 36.4 Å². The van der Waals surface area contributed by atoms with E-state index in [9.17, 15) is 9.18 Å². The molecule has 3 heteroatoms. The minimum Gasteiger partial charge on any atom is -0.478 e. The summed E-state index contributed by atoms with van der Waals surface area (Å²) < 4.78 is 13.1. The molecule has 0 spiro atoms. The zero-order chi connectivity index (χ0) is 13.3. The van der Waals surface area contributed by atoms with Gasteiger partial charge in [-0.1, -0.05) is 35.4 Å². The van der Waals surface area contributed by atoms with Crippen molar-refractivity contribution in [1.29, 1.82) is 0 Å². The van der Waals surface area contributed by atoms with Gasteiger partial charge in [0.2, 0.25) is 0 Å². The van der Waals surface area contributed by atoms with Gasteiger partial charge in [0.05, 0.1) is 5.56 Å². The molecule has 0 saturated heterocycles. The number of aromatic carboxylic acids is 1. The molecule has 0 radical (unpaired) electrons. The normalized spacial score (nSPS) is 10.4. The lowest BCUT2D eigenvalue weighted by Gasteiger charge is -2.08. The average Bonchev–Trinajstić information content (AvgIpc) is 2.27. The lowest BCUT2D eigenvalue weighted by atomic mass is 9.96. The summed E-state index contributed by atoms with van der Waals surface area (Å²) in [5.41, 5.74) is 3.41. The Bertz CT molecular complexity index is 598. The molecule has 0 heterocycles. The molecule has 0 aliphatic carbocycles. The summed E-state index contributed by atoms with van der Waals surface area (Å²) in [5.74, 6) is -1.66. The topological polar surface area (TPSA) is 37.3 Å². The Morgan fingerprint density at radius 2 is 1.67 bits per heavy atom. The first kappa shape index (κ1) is 12.3. The number of halogens is 1. The smallest absolute Gasteiger partial charge is 0.336 e. The zero-order valence-electron chi connectivity index (χ0n) is 10.2. The van der Waals surface area contributed by atoms with E-state index in [2.05, 4.69) is 0 Å². The van der Waals surface area contributed by atoms with Gasteiger partial charge in [-0.15, -0.1) is 0 Å². The summed E-state index contributed by atoms with van der Waals surface area (Å²) in [7, 11) is 0. The summed E-state index contributed by atoms with van der Waals surface area (Å²) in [6.07, 6.45) is 0. The second kappa shape index (κ2) is 4.61. The van der Waals surface area contributed by atoms with Crippen LogP contribution in [0.25, 0.3) is 11.1 Å². The van der Waals surface area contributed by atoms with Crippen molar-refractivity contribution in [3.05, 3.63) is 58.9 Å². The largest absolute Gasteiger partial charge is 0.478 e. The Morgan fingerprint density at radius 1 is 1.06 bits per heavy atom. The molecule has 0 aliphatic rings. The Hall–Kier alpha value is -2.16. The number of hydrogen-bond donors (Lipinski definition) is 1. The maximum absolute atomic E-state index is 13.1. The maximum atomic E-state index is 13.1. The molecule has 0 fully saturated rings. The van der Waals surface area contributed by atoms with E-state index >= 15 is 0 Å². The SMILES string of the molecule is Cc1cc(C)cc(-c2ccc(F)cc2C(=O)O)c1. The van der Waals surface area contributed by atoms with Gasteiger partial charge in [-0.3, -0.25) is 0 Å². The Morgan fingerprint density at radius 3 is 2.22 bits per heavy atom. The molecule has 18 heavy (non-hydrogen) atoms. The molecular formula is C15H13FO2. The van der Waals surface area contributed by atoms with Gasteiger partial charge in [0.25, 0.3) is 0 Å². The van der Waals surface area contributed by atoms with E-state index in [4.69, 9.17) is 5.11 Å². The van der Waals surface area contributed by atoms with E-state index < -0.39 is 11.8 Å². The monoisotopic (exact) mass is 244 g/mol. The van der Waals surface area contributed by atoms with Crippen LogP contribution in [0.3, 0.4) is 0 Å². The molecule has 0 aliphatic heterocycles. The van der Waals surface area contributed by atoms with Gasteiger partial charge in [-0.25, -0.2) is 9.18 Å². The van der Waals surface area contributed by atoms with Crippen molar-refractivity contribution in [1.82, 2.24) is 0 Å². The van der Waals surface area contributed by atoms with Gasteiger partial charge in [-0.05, 0) is 37.1 Å². The van der Waals surface area contributed by atoms with Crippen LogP contribution in [0.2, 0.25) is 0 Å². The summed E-state index contributed by atoms with van der Waals surface area (Å²) in [4.78, 5) is 11.2. The summed E-state index contributed by atoms with van der Waals surface area (Å²) in [5, 5.41) is 9.12. The van der Waals surface area contributed by atoms with Crippen LogP contribution in [-0.4, -0.2) is 11.1 Å². The van der Waals surface area contributed by atoms with Gasteiger partial charge in [0.1, 0.15) is 5.82 Å². The van der Waals surface area contributed by atoms with Crippen molar-refractivity contribution in [3.63, 3.8) is 0 Å². The highest BCUT2D eigenvalue weighted by molar-refractivity contribution is 5.96. The lowest BCUT2D eigenvalue weighted by molar-refractivity contribution is 0.0697. The van der Waals surface area contributed by atoms with Crippen LogP contribution >= 0.6 is 0 Å². The molecule has 0 bridgehead atoms. The molecule has 1 N–H and O–H groups in total. The van der Waals surface area contributed by atoms with Crippen LogP contribution in [0, 0.1) is 19.7 Å². The molecule has 0 unspecified atom stereocenters. The third-order valence-corrected chi connectivity index (χ3v) is 2.74. The molecule has 2 rings (SSSR count). The third-order valence-electron chi connectivity index (χ3n) is 2.74. The second-order valence-corrected chi connectivity index (χ2v) is 4.37. The molecule has 0 atom stereocenters. The van der Waals surface area contributed by atoms with Crippen LogP contribution in [-0.2, 0) is 0 Å². The number of carbonyl (C=O) groups is 1. The van der Waals surface area contributed by atoms with Crippen LogP contribution in [0.4, 0.5) is 4.39 Å². The Kier molecular flexibility index (Phi) is 3.15. The van der Waals surface area contributed by atoms with Crippen LogP contribution in [0.1, 0.15) is 21.5 Å². The van der Waals surface area contributed by atoms with Crippen molar-refractivity contribution < 1.29 is 14.3 Å². The molecule has 0 saturated carbocycles. The zero-order valence-corrected chi connectivity index (χ0v) is 10.2. The van der Waals surface area contributed by atoms with E-state index in [1.54, 1.807) is 0 Å². The third kappa shape index (κ3) is 2.40. The van der Waals surface area contributed by atoms with E-state index in [1.807, 2.05) is 32.0 Å². The van der Waals surface area contributed by atoms with Crippen molar-refractivity contribution >= 4 is 5.97 Å². The van der Waals surface area contributed by atoms with Crippen molar-refractivity contribution in [3.8, 4) is 11.1 Å². The van der Waals surface area contributed by atoms with Gasteiger partial charge in [0.15, 0.2) is 0 Å². The van der Waals surface area contributed by atoms with Crippen LogP contribution in [0.5, 0.6) is 0 Å². The Labute approximate surface area is 105 Å². The van der Waals surface area contributed by atoms with Crippen molar-refractivity contribution in [2.24, 2.45) is 0 Å². The number of carboxylic acids is 1. The highest BCUT2D eigenvalue weighted by Gasteiger charge is 2.13. The molecular weight excluding hydrogens is 231 g/mol. The number of aryl methyl sites for hydroxylation is 2. The lowest BCUT2D eigenvalue weighted by Crippen LogP contribution is -2.00. The first-order chi connectivity index (χ1) is 8.47. The maximum Gasteiger partial charge on any atom is 0.336 e. The fourth-order valence-corrected chi connectivity index (χ4v) is 2.08. The van der Waals surface area contributed by atoms with Gasteiger partial charge in [-0.2, -0.15) is 0 Å². The fraction of sp³-hybridized carbons (Fsp3) is 0.133. The first-order valence-electron chi connectivity index (χ1n) is 5.59.